The van der Waals surface area contributed by atoms with E-state index in [4.69, 9.17) is 25.3 Å². The number of phosphoric acid groups is 1. The number of aliphatic hydroxyl groups excluding tert-OH is 2. The number of aliphatic hydroxyl groups is 2. The van der Waals surface area contributed by atoms with Crippen LogP contribution in [0.1, 0.15) is 31.5 Å². The molecular formula is C21H27N10O8P. The van der Waals surface area contributed by atoms with Crippen molar-refractivity contribution in [2.24, 2.45) is 5.92 Å². The lowest BCUT2D eigenvalue weighted by Gasteiger charge is -2.26. The van der Waals surface area contributed by atoms with Crippen LogP contribution in [0.15, 0.2) is 23.8 Å². The van der Waals surface area contributed by atoms with E-state index in [1.807, 2.05) is 0 Å². The van der Waals surface area contributed by atoms with Gasteiger partial charge in [-0.2, -0.15) is 4.98 Å². The quantitative estimate of drug-likeness (QED) is 0.140. The summed E-state index contributed by atoms with van der Waals surface area (Å²) in [6.07, 6.45) is 1.76. The summed E-state index contributed by atoms with van der Waals surface area (Å²) in [6.45, 7) is -0.680. The predicted molar refractivity (Wildman–Crippen MR) is 136 cm³/mol. The summed E-state index contributed by atoms with van der Waals surface area (Å²) >= 11 is 0. The number of phosphoric ester groups is 1. The van der Waals surface area contributed by atoms with Gasteiger partial charge in [0.1, 0.15) is 24.2 Å². The number of hydrogen-bond donors (Lipinski definition) is 6. The van der Waals surface area contributed by atoms with Gasteiger partial charge < -0.3 is 35.9 Å². The average Bonchev–Trinajstić information content (AvgIpc) is 3.69. The zero-order valence-corrected chi connectivity index (χ0v) is 21.7. The molecular weight excluding hydrogens is 551 g/mol. The topological polar surface area (TPSA) is 265 Å². The molecule has 1 saturated carbocycles. The first-order valence-electron chi connectivity index (χ1n) is 12.4. The first kappa shape index (κ1) is 26.7. The first-order valence-corrected chi connectivity index (χ1v) is 13.9. The predicted octanol–water partition coefficient (Wildman–Crippen LogP) is -0.782. The molecule has 7 atom stereocenters. The van der Waals surface area contributed by atoms with Crippen LogP contribution in [0.2, 0.25) is 0 Å². The van der Waals surface area contributed by atoms with Crippen LogP contribution in [0.5, 0.6) is 0 Å². The molecule has 4 aromatic rings. The van der Waals surface area contributed by atoms with E-state index in [2.05, 4.69) is 29.9 Å². The summed E-state index contributed by atoms with van der Waals surface area (Å²) in [5, 5.41) is 20.6. The van der Waals surface area contributed by atoms with Gasteiger partial charge in [0, 0.05) is 12.5 Å². The molecule has 2 aliphatic rings. The maximum atomic E-state index is 13.0. The lowest BCUT2D eigenvalue weighted by molar-refractivity contribution is -0.0359. The van der Waals surface area contributed by atoms with Gasteiger partial charge in [-0.25, -0.2) is 24.5 Å². The second kappa shape index (κ2) is 10.2. The summed E-state index contributed by atoms with van der Waals surface area (Å²) in [7, 11) is -4.74. The molecule has 0 bridgehead atoms. The molecule has 18 nitrogen and oxygen atoms in total. The van der Waals surface area contributed by atoms with Crippen molar-refractivity contribution in [2.45, 2.75) is 49.8 Å². The normalized spacial score (nSPS) is 28.5. The maximum Gasteiger partial charge on any atom is 0.472 e. The number of nitrogen functional groups attached to an aromatic ring is 2. The Hall–Kier alpha value is -3.51. The Morgan fingerprint density at radius 3 is 2.70 bits per heavy atom. The number of nitrogens with zero attached hydrogens (tertiary/aromatic N) is 7. The largest absolute Gasteiger partial charge is 0.472 e. The number of fused-ring (bicyclic) bond motifs is 2. The number of H-pyrrole nitrogens is 1. The van der Waals surface area contributed by atoms with Crippen LogP contribution in [0, 0.1) is 5.92 Å². The highest BCUT2D eigenvalue weighted by atomic mass is 31.2. The average molecular weight is 578 g/mol. The molecule has 0 spiro atoms. The number of aromatic nitrogens is 8. The van der Waals surface area contributed by atoms with E-state index in [0.29, 0.717) is 24.0 Å². The third-order valence-electron chi connectivity index (χ3n) is 7.25. The van der Waals surface area contributed by atoms with Gasteiger partial charge in [-0.05, 0) is 19.3 Å². The molecule has 19 heteroatoms. The number of aromatic amines is 1. The van der Waals surface area contributed by atoms with Gasteiger partial charge in [0.15, 0.2) is 22.6 Å². The highest BCUT2D eigenvalue weighted by Gasteiger charge is 2.48. The monoisotopic (exact) mass is 578 g/mol. The lowest BCUT2D eigenvalue weighted by atomic mass is 10.1. The minimum absolute atomic E-state index is 0.00826. The first-order chi connectivity index (χ1) is 19.1. The van der Waals surface area contributed by atoms with Crippen LogP contribution in [0.4, 0.5) is 11.8 Å². The molecule has 1 saturated heterocycles. The van der Waals surface area contributed by atoms with E-state index in [0.717, 1.165) is 0 Å². The van der Waals surface area contributed by atoms with Crippen molar-refractivity contribution in [2.75, 3.05) is 24.7 Å². The van der Waals surface area contributed by atoms with Gasteiger partial charge in [-0.3, -0.25) is 23.4 Å². The van der Waals surface area contributed by atoms with Crippen molar-refractivity contribution >= 4 is 41.9 Å². The number of ether oxygens (including phenoxy) is 1. The van der Waals surface area contributed by atoms with Gasteiger partial charge in [0.05, 0.1) is 37.5 Å². The van der Waals surface area contributed by atoms with Gasteiger partial charge in [0.2, 0.25) is 5.95 Å². The Bertz CT molecular complexity index is 1660. The Kier molecular flexibility index (Phi) is 6.78. The summed E-state index contributed by atoms with van der Waals surface area (Å²) in [6, 6.07) is -0.814. The fourth-order valence-corrected chi connectivity index (χ4v) is 6.30. The summed E-state index contributed by atoms with van der Waals surface area (Å²) in [5.41, 5.74) is 12.0. The highest BCUT2D eigenvalue weighted by molar-refractivity contribution is 7.47. The van der Waals surface area contributed by atoms with Gasteiger partial charge in [-0.15, -0.1) is 0 Å². The molecule has 1 unspecified atom stereocenters. The van der Waals surface area contributed by atoms with Crippen LogP contribution < -0.4 is 17.0 Å². The maximum absolute atomic E-state index is 13.0. The van der Waals surface area contributed by atoms with Crippen LogP contribution in [-0.2, 0) is 18.3 Å². The SMILES string of the molecule is Nc1nc2c(ncn2[C@@H]2C[C@H](CO)[C@@H](O)[C@H]2OP(=O)(O)OC[C@@H]2CC[C@H](n3cnc4c(N)ncnc43)O2)c(=O)[nH]1. The van der Waals surface area contributed by atoms with Gasteiger partial charge in [0.25, 0.3) is 5.56 Å². The third kappa shape index (κ3) is 4.72. The zero-order chi connectivity index (χ0) is 28.2. The van der Waals surface area contributed by atoms with Gasteiger partial charge >= 0.3 is 7.82 Å². The number of anilines is 2. The highest BCUT2D eigenvalue weighted by Crippen LogP contribution is 2.51. The number of hydrogen-bond acceptors (Lipinski definition) is 14. The molecule has 40 heavy (non-hydrogen) atoms. The summed E-state index contributed by atoms with van der Waals surface area (Å²) < 4.78 is 32.8. The van der Waals surface area contributed by atoms with Crippen molar-refractivity contribution < 1.29 is 33.5 Å². The van der Waals surface area contributed by atoms with Crippen molar-refractivity contribution in [3.8, 4) is 0 Å². The van der Waals surface area contributed by atoms with Crippen molar-refractivity contribution in [1.82, 2.24) is 39.0 Å². The van der Waals surface area contributed by atoms with E-state index in [9.17, 15) is 24.5 Å². The summed E-state index contributed by atoms with van der Waals surface area (Å²) in [4.78, 5) is 45.6. The number of nitrogens with one attached hydrogen (secondary N) is 1. The number of imidazole rings is 2. The minimum atomic E-state index is -4.74. The fourth-order valence-electron chi connectivity index (χ4n) is 5.31. The van der Waals surface area contributed by atoms with Crippen molar-refractivity contribution in [3.63, 3.8) is 0 Å². The second-order valence-corrected chi connectivity index (χ2v) is 11.1. The van der Waals surface area contributed by atoms with Gasteiger partial charge in [-0.1, -0.05) is 0 Å². The zero-order valence-electron chi connectivity index (χ0n) is 20.8. The van der Waals surface area contributed by atoms with E-state index >= 15 is 0 Å². The van der Waals surface area contributed by atoms with E-state index in [-0.39, 0.29) is 36.0 Å². The van der Waals surface area contributed by atoms with E-state index in [1.165, 1.54) is 17.2 Å². The molecule has 214 valence electrons. The lowest BCUT2D eigenvalue weighted by Crippen LogP contribution is -2.33. The molecule has 5 heterocycles. The van der Waals surface area contributed by atoms with E-state index < -0.39 is 56.5 Å². The molecule has 2 fully saturated rings. The molecule has 6 rings (SSSR count). The Labute approximate surface area is 224 Å². The molecule has 8 N–H and O–H groups in total. The third-order valence-corrected chi connectivity index (χ3v) is 8.23. The Morgan fingerprint density at radius 1 is 1.12 bits per heavy atom. The Morgan fingerprint density at radius 2 is 1.90 bits per heavy atom. The van der Waals surface area contributed by atoms with Crippen LogP contribution in [-0.4, -0.2) is 85.7 Å². The molecule has 4 aromatic heterocycles. The molecule has 0 amide bonds. The van der Waals surface area contributed by atoms with Crippen molar-refractivity contribution in [3.05, 3.63) is 29.3 Å². The molecule has 0 aromatic carbocycles. The smallest absolute Gasteiger partial charge is 0.396 e. The van der Waals surface area contributed by atoms with Crippen LogP contribution in [0.3, 0.4) is 0 Å². The Balaban J connectivity index is 1.15. The second-order valence-electron chi connectivity index (χ2n) is 9.72. The molecule has 1 aliphatic heterocycles. The van der Waals surface area contributed by atoms with Crippen molar-refractivity contribution in [1.29, 1.82) is 0 Å². The number of rotatable bonds is 8. The summed E-state index contributed by atoms with van der Waals surface area (Å²) in [5.74, 6) is -0.598. The van der Waals surface area contributed by atoms with Crippen LogP contribution >= 0.6 is 7.82 Å². The minimum Gasteiger partial charge on any atom is -0.396 e. The van der Waals surface area contributed by atoms with E-state index in [1.54, 1.807) is 10.9 Å². The fraction of sp³-hybridized carbons (Fsp3) is 0.524. The number of nitrogens with two attached hydrogens (primary N) is 2. The van der Waals surface area contributed by atoms with Crippen LogP contribution in [0.25, 0.3) is 22.3 Å². The molecule has 0 radical (unpaired) electrons. The molecule has 1 aliphatic carbocycles. The standard InChI is InChI=1S/C21H27N10O8P/c22-17-13-18(25-6-24-17)31(8-26-13)12-2-1-10(38-12)5-37-40(35,36)39-16-11(3-9(4-32)15(16)33)30-7-27-14-19(30)28-21(23)29-20(14)34/h6-12,15-16,32-33H,1-5H2,(H,35,36)(H2,22,24,25)(H3,23,28,29,34)/t9-,10+,11-,12-,15-,16+/m1/s1.